The quantitative estimate of drug-likeness (QED) is 0.644. The van der Waals surface area contributed by atoms with E-state index < -0.39 is 46.3 Å². The molecule has 0 spiro atoms. The largest absolute Gasteiger partial charge is 0.425 e. The second-order valence-corrected chi connectivity index (χ2v) is 10.4. The van der Waals surface area contributed by atoms with E-state index in [1.165, 1.54) is 29.2 Å². The summed E-state index contributed by atoms with van der Waals surface area (Å²) >= 11 is 5.91. The summed E-state index contributed by atoms with van der Waals surface area (Å²) in [5, 5.41) is 2.13. The highest BCUT2D eigenvalue weighted by Crippen LogP contribution is 2.53. The van der Waals surface area contributed by atoms with Gasteiger partial charge in [0.05, 0.1) is 5.57 Å². The Morgan fingerprint density at radius 2 is 1.79 bits per heavy atom. The van der Waals surface area contributed by atoms with Crippen LogP contribution in [-0.4, -0.2) is 40.3 Å². The van der Waals surface area contributed by atoms with Crippen LogP contribution in [0, 0.1) is 5.41 Å². The Labute approximate surface area is 195 Å². The second-order valence-electron chi connectivity index (χ2n) is 9.94. The first-order valence-electron chi connectivity index (χ1n) is 11.1. The highest BCUT2D eigenvalue weighted by molar-refractivity contribution is 6.31. The Morgan fingerprint density at radius 1 is 1.12 bits per heavy atom. The Bertz CT molecular complexity index is 1040. The first kappa shape index (κ1) is 23.8. The number of nitrogens with one attached hydrogen (secondary N) is 1. The normalized spacial score (nSPS) is 25.9. The van der Waals surface area contributed by atoms with Crippen LogP contribution in [0.25, 0.3) is 0 Å². The predicted molar refractivity (Wildman–Crippen MR) is 116 cm³/mol. The van der Waals surface area contributed by atoms with Gasteiger partial charge in [-0.2, -0.15) is 13.2 Å². The van der Waals surface area contributed by atoms with Gasteiger partial charge in [-0.05, 0) is 42.9 Å². The zero-order valence-electron chi connectivity index (χ0n) is 18.5. The van der Waals surface area contributed by atoms with Crippen LogP contribution in [0.1, 0.15) is 69.2 Å². The number of alkyl halides is 3. The van der Waals surface area contributed by atoms with Crippen molar-refractivity contribution in [2.45, 2.75) is 76.6 Å². The molecule has 1 fully saturated rings. The third-order valence-electron chi connectivity index (χ3n) is 6.81. The Morgan fingerprint density at radius 3 is 2.39 bits per heavy atom. The van der Waals surface area contributed by atoms with Crippen molar-refractivity contribution in [1.82, 2.24) is 10.2 Å². The Hall–Kier alpha value is -2.35. The fourth-order valence-electron chi connectivity index (χ4n) is 5.38. The van der Waals surface area contributed by atoms with Gasteiger partial charge in [0.25, 0.3) is 11.8 Å². The molecule has 0 bridgehead atoms. The van der Waals surface area contributed by atoms with Gasteiger partial charge in [0.15, 0.2) is 5.78 Å². The molecule has 4 rings (SSSR count). The van der Waals surface area contributed by atoms with Gasteiger partial charge < -0.3 is 10.2 Å². The van der Waals surface area contributed by atoms with Gasteiger partial charge in [-0.3, -0.25) is 14.4 Å². The molecule has 5 nitrogen and oxygen atoms in total. The maximum absolute atomic E-state index is 14.8. The number of hydrogen-bond acceptors (Lipinski definition) is 3. The number of nitrogens with zero attached hydrogens (tertiary/aromatic N) is 1. The molecule has 1 aromatic rings. The summed E-state index contributed by atoms with van der Waals surface area (Å²) in [5.74, 6) is -3.15. The molecule has 0 radical (unpaired) electrons. The average molecular weight is 483 g/mol. The SMILES string of the molecule is CC1(C)CC(=O)C2=C(C1)N(C1CCCCC1)C(=O)[C@@]2(NC(=O)c1cccc(Cl)c1)C(F)(F)F. The van der Waals surface area contributed by atoms with E-state index in [-0.39, 0.29) is 29.1 Å². The zero-order chi connectivity index (χ0) is 24.2. The molecular formula is C24H26ClF3N2O3. The lowest BCUT2D eigenvalue weighted by molar-refractivity contribution is -0.191. The summed E-state index contributed by atoms with van der Waals surface area (Å²) in [6, 6.07) is 5.02. The third kappa shape index (κ3) is 3.96. The van der Waals surface area contributed by atoms with Crippen LogP contribution in [0.15, 0.2) is 35.5 Å². The first-order chi connectivity index (χ1) is 15.4. The van der Waals surface area contributed by atoms with E-state index in [0.717, 1.165) is 19.3 Å². The monoisotopic (exact) mass is 482 g/mol. The van der Waals surface area contributed by atoms with Gasteiger partial charge in [0.1, 0.15) is 0 Å². The molecule has 9 heteroatoms. The fraction of sp³-hybridized carbons (Fsp3) is 0.542. The van der Waals surface area contributed by atoms with Crippen LogP contribution in [0.3, 0.4) is 0 Å². The van der Waals surface area contributed by atoms with E-state index >= 15 is 0 Å². The number of amides is 2. The molecule has 0 aromatic heterocycles. The highest BCUT2D eigenvalue weighted by Gasteiger charge is 2.72. The van der Waals surface area contributed by atoms with Crippen LogP contribution < -0.4 is 5.32 Å². The van der Waals surface area contributed by atoms with Crippen LogP contribution in [0.4, 0.5) is 13.2 Å². The Balaban J connectivity index is 1.88. The predicted octanol–water partition coefficient (Wildman–Crippen LogP) is 5.19. The minimum Gasteiger partial charge on any atom is -0.326 e. The van der Waals surface area contributed by atoms with Crippen LogP contribution in [0.5, 0.6) is 0 Å². The van der Waals surface area contributed by atoms with Crippen molar-refractivity contribution < 1.29 is 27.6 Å². The lowest BCUT2D eigenvalue weighted by atomic mass is 9.72. The third-order valence-corrected chi connectivity index (χ3v) is 7.05. The van der Waals surface area contributed by atoms with Crippen molar-refractivity contribution in [3.05, 3.63) is 46.1 Å². The lowest BCUT2D eigenvalue weighted by Crippen LogP contribution is -2.66. The number of benzene rings is 1. The van der Waals surface area contributed by atoms with Gasteiger partial charge in [0.2, 0.25) is 5.54 Å². The van der Waals surface area contributed by atoms with Crippen molar-refractivity contribution in [3.63, 3.8) is 0 Å². The van der Waals surface area contributed by atoms with Crippen molar-refractivity contribution in [2.24, 2.45) is 5.41 Å². The van der Waals surface area contributed by atoms with Crippen molar-refractivity contribution in [2.75, 3.05) is 0 Å². The summed E-state index contributed by atoms with van der Waals surface area (Å²) in [5.41, 5.74) is -4.65. The summed E-state index contributed by atoms with van der Waals surface area (Å²) in [6.07, 6.45) is -1.53. The maximum Gasteiger partial charge on any atom is 0.425 e. The molecule has 1 heterocycles. The number of hydrogen-bond donors (Lipinski definition) is 1. The fourth-order valence-corrected chi connectivity index (χ4v) is 5.57. The molecule has 2 aliphatic carbocycles. The summed E-state index contributed by atoms with van der Waals surface area (Å²) < 4.78 is 44.5. The molecule has 0 saturated heterocycles. The number of ketones is 1. The Kier molecular flexibility index (Phi) is 5.88. The zero-order valence-corrected chi connectivity index (χ0v) is 19.3. The number of Topliss-reactive ketones (excluding diaryl/α,β-unsaturated/α-hetero) is 1. The smallest absolute Gasteiger partial charge is 0.326 e. The van der Waals surface area contributed by atoms with Crippen molar-refractivity contribution in [1.29, 1.82) is 0 Å². The van der Waals surface area contributed by atoms with E-state index in [4.69, 9.17) is 11.6 Å². The van der Waals surface area contributed by atoms with Gasteiger partial charge >= 0.3 is 6.18 Å². The maximum atomic E-state index is 14.8. The van der Waals surface area contributed by atoms with E-state index in [2.05, 4.69) is 0 Å². The van der Waals surface area contributed by atoms with Crippen LogP contribution in [-0.2, 0) is 9.59 Å². The summed E-state index contributed by atoms with van der Waals surface area (Å²) in [6.45, 7) is 3.60. The number of carbonyl (C=O) groups is 3. The van der Waals surface area contributed by atoms with Crippen molar-refractivity contribution in [3.8, 4) is 0 Å². The first-order valence-corrected chi connectivity index (χ1v) is 11.5. The van der Waals surface area contributed by atoms with Gasteiger partial charge in [0, 0.05) is 28.7 Å². The van der Waals surface area contributed by atoms with E-state index in [0.29, 0.717) is 12.8 Å². The molecule has 1 saturated carbocycles. The molecule has 2 amide bonds. The molecule has 1 aliphatic heterocycles. The summed E-state index contributed by atoms with van der Waals surface area (Å²) in [4.78, 5) is 41.1. The van der Waals surface area contributed by atoms with Crippen LogP contribution in [0.2, 0.25) is 5.02 Å². The van der Waals surface area contributed by atoms with Gasteiger partial charge in [-0.25, -0.2) is 0 Å². The standard InChI is InChI=1S/C24H26ClF3N2O3/c1-22(2)12-17-19(18(31)13-22)23(24(26,27)28,21(33)30(17)16-9-4-3-5-10-16)29-20(32)14-7-6-8-15(25)11-14/h6-8,11,16H,3-5,9-10,12-13H2,1-2H3,(H,29,32)/t23-/m1/s1. The number of carbonyl (C=O) groups excluding carboxylic acids is 3. The number of allylic oxidation sites excluding steroid dienone is 1. The molecular weight excluding hydrogens is 457 g/mol. The molecule has 33 heavy (non-hydrogen) atoms. The minimum atomic E-state index is -5.21. The molecule has 1 atom stereocenters. The second kappa shape index (κ2) is 8.15. The minimum absolute atomic E-state index is 0.108. The number of rotatable bonds is 3. The topological polar surface area (TPSA) is 66.5 Å². The molecule has 3 aliphatic rings. The van der Waals surface area contributed by atoms with Crippen molar-refractivity contribution >= 4 is 29.2 Å². The number of halogens is 4. The summed E-state index contributed by atoms with van der Waals surface area (Å²) in [7, 11) is 0. The highest BCUT2D eigenvalue weighted by atomic mass is 35.5. The molecule has 1 N–H and O–H groups in total. The van der Waals surface area contributed by atoms with E-state index in [1.54, 1.807) is 13.8 Å². The molecule has 0 unspecified atom stereocenters. The van der Waals surface area contributed by atoms with Gasteiger partial charge in [-0.15, -0.1) is 0 Å². The van der Waals surface area contributed by atoms with E-state index in [1.807, 2.05) is 5.32 Å². The lowest BCUT2D eigenvalue weighted by Gasteiger charge is -2.37. The van der Waals surface area contributed by atoms with Crippen LogP contribution >= 0.6 is 11.6 Å². The average Bonchev–Trinajstić information content (AvgIpc) is 2.96. The van der Waals surface area contributed by atoms with E-state index in [9.17, 15) is 27.6 Å². The molecule has 178 valence electrons. The molecule has 1 aromatic carbocycles. The van der Waals surface area contributed by atoms with Gasteiger partial charge in [-0.1, -0.05) is 50.8 Å².